The van der Waals surface area contributed by atoms with Crippen LogP contribution in [0.4, 0.5) is 0 Å². The van der Waals surface area contributed by atoms with Crippen LogP contribution in [-0.4, -0.2) is 33.8 Å². The van der Waals surface area contributed by atoms with Crippen molar-refractivity contribution in [3.8, 4) is 11.4 Å². The molecule has 0 saturated heterocycles. The van der Waals surface area contributed by atoms with Gasteiger partial charge in [0.1, 0.15) is 6.33 Å². The first-order chi connectivity index (χ1) is 7.66. The molecule has 84 valence electrons. The number of aryl methyl sites for hydroxylation is 1. The lowest BCUT2D eigenvalue weighted by Crippen LogP contribution is -2.10. The Labute approximate surface area is 95.5 Å². The van der Waals surface area contributed by atoms with Gasteiger partial charge >= 0.3 is 0 Å². The van der Waals surface area contributed by atoms with E-state index in [-0.39, 0.29) is 0 Å². The van der Waals surface area contributed by atoms with Crippen molar-refractivity contribution in [2.75, 3.05) is 14.1 Å². The number of rotatable bonds is 3. The molecule has 0 N–H and O–H groups in total. The van der Waals surface area contributed by atoms with E-state index in [1.54, 1.807) is 11.0 Å². The summed E-state index contributed by atoms with van der Waals surface area (Å²) in [5.41, 5.74) is 2.40. The number of nitrogens with zero attached hydrogens (tertiary/aromatic N) is 4. The minimum absolute atomic E-state index is 0.899. The van der Waals surface area contributed by atoms with Gasteiger partial charge in [0.25, 0.3) is 0 Å². The van der Waals surface area contributed by atoms with Crippen molar-refractivity contribution in [1.82, 2.24) is 19.7 Å². The van der Waals surface area contributed by atoms with Gasteiger partial charge in [-0.1, -0.05) is 24.3 Å². The first-order valence-corrected chi connectivity index (χ1v) is 5.25. The van der Waals surface area contributed by atoms with Crippen molar-refractivity contribution in [3.05, 3.63) is 36.2 Å². The van der Waals surface area contributed by atoms with E-state index in [2.05, 4.69) is 53.3 Å². The molecule has 0 aliphatic heterocycles. The number of aromatic nitrogens is 3. The fraction of sp³-hybridized carbons (Fsp3) is 0.333. The van der Waals surface area contributed by atoms with Crippen LogP contribution in [0.15, 0.2) is 30.6 Å². The molecule has 1 aromatic carbocycles. The zero-order valence-electron chi connectivity index (χ0n) is 9.88. The molecule has 0 spiro atoms. The van der Waals surface area contributed by atoms with E-state index in [1.807, 2.05) is 7.05 Å². The van der Waals surface area contributed by atoms with Gasteiger partial charge in [0.15, 0.2) is 5.82 Å². The van der Waals surface area contributed by atoms with Gasteiger partial charge < -0.3 is 4.90 Å². The summed E-state index contributed by atoms with van der Waals surface area (Å²) < 4.78 is 1.78. The topological polar surface area (TPSA) is 34.0 Å². The molecule has 0 saturated carbocycles. The van der Waals surface area contributed by atoms with E-state index in [9.17, 15) is 0 Å². The highest BCUT2D eigenvalue weighted by atomic mass is 15.3. The fourth-order valence-corrected chi connectivity index (χ4v) is 1.68. The van der Waals surface area contributed by atoms with Gasteiger partial charge in [0, 0.05) is 19.2 Å². The lowest BCUT2D eigenvalue weighted by Gasteiger charge is -2.09. The van der Waals surface area contributed by atoms with E-state index in [0.29, 0.717) is 0 Å². The van der Waals surface area contributed by atoms with Gasteiger partial charge in [-0.05, 0) is 19.7 Å². The van der Waals surface area contributed by atoms with Gasteiger partial charge in [0.2, 0.25) is 0 Å². The van der Waals surface area contributed by atoms with Gasteiger partial charge in [0.05, 0.1) is 0 Å². The number of hydrogen-bond acceptors (Lipinski definition) is 3. The lowest BCUT2D eigenvalue weighted by atomic mass is 10.1. The predicted octanol–water partition coefficient (Wildman–Crippen LogP) is 1.54. The molecule has 0 unspecified atom stereocenters. The Morgan fingerprint density at radius 1 is 1.19 bits per heavy atom. The van der Waals surface area contributed by atoms with Crippen molar-refractivity contribution in [2.24, 2.45) is 7.05 Å². The molecule has 0 amide bonds. The maximum absolute atomic E-state index is 4.22. The van der Waals surface area contributed by atoms with Crippen molar-refractivity contribution >= 4 is 0 Å². The summed E-state index contributed by atoms with van der Waals surface area (Å²) >= 11 is 0. The van der Waals surface area contributed by atoms with E-state index in [0.717, 1.165) is 17.9 Å². The smallest absolute Gasteiger partial charge is 0.157 e. The largest absolute Gasteiger partial charge is 0.305 e. The van der Waals surface area contributed by atoms with Crippen LogP contribution in [0.25, 0.3) is 11.4 Å². The molecule has 2 aromatic rings. The molecule has 2 rings (SSSR count). The summed E-state index contributed by atoms with van der Waals surface area (Å²) in [6.45, 7) is 0.957. The first-order valence-electron chi connectivity index (χ1n) is 5.25. The summed E-state index contributed by atoms with van der Waals surface area (Å²) in [6.07, 6.45) is 1.57. The maximum Gasteiger partial charge on any atom is 0.157 e. The zero-order valence-corrected chi connectivity index (χ0v) is 9.88. The second-order valence-corrected chi connectivity index (χ2v) is 4.14. The van der Waals surface area contributed by atoms with E-state index in [4.69, 9.17) is 0 Å². The average molecular weight is 216 g/mol. The Kier molecular flexibility index (Phi) is 3.01. The van der Waals surface area contributed by atoms with Crippen molar-refractivity contribution in [1.29, 1.82) is 0 Å². The molecular formula is C12H16N4. The Hall–Kier alpha value is -1.68. The third-order valence-electron chi connectivity index (χ3n) is 2.42. The van der Waals surface area contributed by atoms with Crippen LogP contribution >= 0.6 is 0 Å². The van der Waals surface area contributed by atoms with Crippen molar-refractivity contribution in [3.63, 3.8) is 0 Å². The highest BCUT2D eigenvalue weighted by Crippen LogP contribution is 2.16. The average Bonchev–Trinajstić information content (AvgIpc) is 2.65. The number of benzene rings is 1. The van der Waals surface area contributed by atoms with Crippen LogP contribution < -0.4 is 0 Å². The maximum atomic E-state index is 4.22. The second kappa shape index (κ2) is 4.45. The van der Waals surface area contributed by atoms with E-state index >= 15 is 0 Å². The van der Waals surface area contributed by atoms with Gasteiger partial charge in [-0.2, -0.15) is 5.10 Å². The summed E-state index contributed by atoms with van der Waals surface area (Å²) in [6, 6.07) is 8.43. The summed E-state index contributed by atoms with van der Waals surface area (Å²) in [5, 5.41) is 4.06. The Morgan fingerprint density at radius 3 is 2.38 bits per heavy atom. The van der Waals surface area contributed by atoms with Crippen LogP contribution in [-0.2, 0) is 13.6 Å². The molecule has 4 heteroatoms. The molecule has 0 aliphatic carbocycles. The lowest BCUT2D eigenvalue weighted by molar-refractivity contribution is 0.402. The Bertz CT molecular complexity index is 456. The normalized spacial score (nSPS) is 11.0. The van der Waals surface area contributed by atoms with Gasteiger partial charge in [-0.15, -0.1) is 0 Å². The minimum Gasteiger partial charge on any atom is -0.305 e. The van der Waals surface area contributed by atoms with Gasteiger partial charge in [-0.3, -0.25) is 0 Å². The monoisotopic (exact) mass is 216 g/mol. The van der Waals surface area contributed by atoms with Crippen LogP contribution in [0.1, 0.15) is 5.56 Å². The van der Waals surface area contributed by atoms with Crippen LogP contribution in [0.3, 0.4) is 0 Å². The van der Waals surface area contributed by atoms with E-state index < -0.39 is 0 Å². The highest BCUT2D eigenvalue weighted by Gasteiger charge is 2.03. The first kappa shape index (κ1) is 10.8. The van der Waals surface area contributed by atoms with E-state index in [1.165, 1.54) is 5.56 Å². The third kappa shape index (κ3) is 2.28. The Balaban J connectivity index is 2.23. The summed E-state index contributed by atoms with van der Waals surface area (Å²) in [7, 11) is 6.03. The van der Waals surface area contributed by atoms with Gasteiger partial charge in [-0.25, -0.2) is 9.67 Å². The molecule has 0 bridgehead atoms. The molecule has 0 fully saturated rings. The highest BCUT2D eigenvalue weighted by molar-refractivity contribution is 5.55. The molecule has 4 nitrogen and oxygen atoms in total. The van der Waals surface area contributed by atoms with Crippen LogP contribution in [0.2, 0.25) is 0 Å². The number of hydrogen-bond donors (Lipinski definition) is 0. The molecule has 16 heavy (non-hydrogen) atoms. The zero-order chi connectivity index (χ0) is 11.5. The molecule has 0 atom stereocenters. The van der Waals surface area contributed by atoms with Crippen molar-refractivity contribution < 1.29 is 0 Å². The standard InChI is InChI=1S/C12H16N4/c1-15(2)8-10-4-6-11(7-5-10)12-13-9-14-16(12)3/h4-7,9H,8H2,1-3H3. The summed E-state index contributed by atoms with van der Waals surface area (Å²) in [4.78, 5) is 6.37. The molecule has 1 heterocycles. The molecule has 0 radical (unpaired) electrons. The predicted molar refractivity (Wildman–Crippen MR) is 63.8 cm³/mol. The van der Waals surface area contributed by atoms with Crippen LogP contribution in [0, 0.1) is 0 Å². The second-order valence-electron chi connectivity index (χ2n) is 4.14. The quantitative estimate of drug-likeness (QED) is 0.780. The molecule has 1 aromatic heterocycles. The SMILES string of the molecule is CN(C)Cc1ccc(-c2ncnn2C)cc1. The molecule has 0 aliphatic rings. The fourth-order valence-electron chi connectivity index (χ4n) is 1.68. The van der Waals surface area contributed by atoms with Crippen molar-refractivity contribution in [2.45, 2.75) is 6.54 Å². The summed E-state index contributed by atoms with van der Waals surface area (Å²) in [5.74, 6) is 0.899. The van der Waals surface area contributed by atoms with Crippen LogP contribution in [0.5, 0.6) is 0 Å². The minimum atomic E-state index is 0.899. The Morgan fingerprint density at radius 2 is 1.88 bits per heavy atom. The molecular weight excluding hydrogens is 200 g/mol. The third-order valence-corrected chi connectivity index (χ3v) is 2.42.